The normalized spacial score (nSPS) is 11.6. The Kier molecular flexibility index (Phi) is 8.71. The second kappa shape index (κ2) is 14.5. The van der Waals surface area contributed by atoms with Crippen molar-refractivity contribution in [1.29, 1.82) is 0 Å². The van der Waals surface area contributed by atoms with E-state index in [0.717, 1.165) is 60.9 Å². The predicted molar refractivity (Wildman–Crippen MR) is 256 cm³/mol. The Bertz CT molecular complexity index is 3520. The SMILES string of the molecule is [B]c1c([B])c([B])c(-c2cccc(-c3nc(-c4ccccc4)nc(-c4cccc5oc6cc(-c7ccc8c(c7)c7ccccc7n8-c7ccccc7)ccc6c45)n3)c2)c([B])c1[B]. The highest BCUT2D eigenvalue weighted by Crippen LogP contribution is 2.40. The Morgan fingerprint density at radius 1 is 0.377 bits per heavy atom. The summed E-state index contributed by atoms with van der Waals surface area (Å²) in [5, 5.41) is 4.24. The molecule has 10 radical (unpaired) electrons. The zero-order valence-corrected chi connectivity index (χ0v) is 32.7. The average Bonchev–Trinajstić information content (AvgIpc) is 3.86. The number of benzene rings is 8. The number of hydrogen-bond acceptors (Lipinski definition) is 4. The van der Waals surface area contributed by atoms with E-state index in [1.807, 2.05) is 78.9 Å². The summed E-state index contributed by atoms with van der Waals surface area (Å²) in [5.74, 6) is 1.46. The fourth-order valence-corrected chi connectivity index (χ4v) is 8.52. The fourth-order valence-electron chi connectivity index (χ4n) is 8.52. The Morgan fingerprint density at radius 3 is 1.75 bits per heavy atom. The molecular weight excluding hydrogens is 739 g/mol. The number of para-hydroxylation sites is 2. The maximum Gasteiger partial charge on any atom is 0.164 e. The average molecular weight is 766 g/mol. The van der Waals surface area contributed by atoms with Crippen molar-refractivity contribution in [3.63, 3.8) is 0 Å². The number of nitrogens with zero attached hydrogens (tertiary/aromatic N) is 4. The quantitative estimate of drug-likeness (QED) is 0.169. The first-order chi connectivity index (χ1) is 29.8. The molecule has 272 valence electrons. The van der Waals surface area contributed by atoms with Gasteiger partial charge < -0.3 is 8.98 Å². The number of hydrogen-bond donors (Lipinski definition) is 0. The standard InChI is InChI=1S/C51H27B5N4O/c52-44-42(45(53)47(55)48(56)46(44)54)31-13-9-14-32(25-31)50-57-49(28-11-3-1-4-12-28)58-51(59-50)36-18-10-20-40-43(36)35-23-21-30(27-41(35)61-40)29-22-24-39-37(26-29)34-17-7-8-19-38(34)60(39)33-15-5-2-6-16-33/h1-27H. The highest BCUT2D eigenvalue weighted by molar-refractivity contribution is 6.68. The molecule has 0 N–H and O–H groups in total. The molecule has 0 aliphatic carbocycles. The van der Waals surface area contributed by atoms with E-state index < -0.39 is 0 Å². The fraction of sp³-hybridized carbons (Fsp3) is 0. The molecule has 11 rings (SSSR count). The molecule has 0 unspecified atom stereocenters. The molecule has 0 atom stereocenters. The van der Waals surface area contributed by atoms with Crippen LogP contribution in [0, 0.1) is 0 Å². The van der Waals surface area contributed by atoms with Gasteiger partial charge in [0.2, 0.25) is 0 Å². The minimum absolute atomic E-state index is 0.159. The molecule has 0 aliphatic rings. The van der Waals surface area contributed by atoms with Crippen LogP contribution in [-0.2, 0) is 0 Å². The van der Waals surface area contributed by atoms with Crippen LogP contribution < -0.4 is 27.3 Å². The van der Waals surface area contributed by atoms with Gasteiger partial charge in [-0.15, -0.1) is 16.4 Å². The molecule has 0 fully saturated rings. The second-order valence-corrected chi connectivity index (χ2v) is 15.1. The van der Waals surface area contributed by atoms with E-state index in [0.29, 0.717) is 34.2 Å². The molecule has 3 heterocycles. The summed E-state index contributed by atoms with van der Waals surface area (Å²) in [6, 6.07) is 55.5. The van der Waals surface area contributed by atoms with Crippen molar-refractivity contribution in [3.8, 4) is 62.1 Å². The lowest BCUT2D eigenvalue weighted by molar-refractivity contribution is 0.669. The minimum atomic E-state index is 0.159. The highest BCUT2D eigenvalue weighted by Gasteiger charge is 2.20. The topological polar surface area (TPSA) is 56.7 Å². The van der Waals surface area contributed by atoms with Crippen molar-refractivity contribution in [2.24, 2.45) is 0 Å². The third-order valence-corrected chi connectivity index (χ3v) is 11.5. The molecule has 5 nitrogen and oxygen atoms in total. The van der Waals surface area contributed by atoms with Gasteiger partial charge in [0, 0.05) is 43.9 Å². The number of fused-ring (bicyclic) bond motifs is 6. The summed E-state index contributed by atoms with van der Waals surface area (Å²) < 4.78 is 8.94. The Labute approximate surface area is 358 Å². The summed E-state index contributed by atoms with van der Waals surface area (Å²) >= 11 is 0. The molecule has 0 amide bonds. The molecule has 61 heavy (non-hydrogen) atoms. The predicted octanol–water partition coefficient (Wildman–Crippen LogP) is 7.17. The van der Waals surface area contributed by atoms with Crippen molar-refractivity contribution < 1.29 is 4.42 Å². The van der Waals surface area contributed by atoms with Gasteiger partial charge in [-0.05, 0) is 76.9 Å². The van der Waals surface area contributed by atoms with E-state index >= 15 is 0 Å². The lowest BCUT2D eigenvalue weighted by Crippen LogP contribution is -2.55. The number of rotatable bonds is 6. The third-order valence-electron chi connectivity index (χ3n) is 11.5. The van der Waals surface area contributed by atoms with Gasteiger partial charge in [0.25, 0.3) is 0 Å². The van der Waals surface area contributed by atoms with Gasteiger partial charge in [0.1, 0.15) is 50.4 Å². The molecule has 0 saturated heterocycles. The van der Waals surface area contributed by atoms with Crippen LogP contribution in [0.15, 0.2) is 168 Å². The summed E-state index contributed by atoms with van der Waals surface area (Å²) in [5.41, 5.74) is 11.6. The Balaban J connectivity index is 1.05. The zero-order valence-electron chi connectivity index (χ0n) is 32.7. The van der Waals surface area contributed by atoms with Crippen molar-refractivity contribution in [3.05, 3.63) is 164 Å². The van der Waals surface area contributed by atoms with Gasteiger partial charge in [0.15, 0.2) is 17.5 Å². The largest absolute Gasteiger partial charge is 0.456 e. The van der Waals surface area contributed by atoms with Crippen LogP contribution in [0.25, 0.3) is 106 Å². The van der Waals surface area contributed by atoms with Gasteiger partial charge >= 0.3 is 0 Å². The molecule has 0 saturated carbocycles. The molecule has 3 aromatic heterocycles. The maximum absolute atomic E-state index is 6.61. The van der Waals surface area contributed by atoms with Gasteiger partial charge in [-0.25, -0.2) is 15.0 Å². The molecule has 0 bridgehead atoms. The minimum Gasteiger partial charge on any atom is -0.456 e. The van der Waals surface area contributed by atoms with Crippen molar-refractivity contribution >= 4 is 110 Å². The van der Waals surface area contributed by atoms with Crippen LogP contribution in [0.2, 0.25) is 0 Å². The van der Waals surface area contributed by atoms with Gasteiger partial charge in [0.05, 0.1) is 11.0 Å². The van der Waals surface area contributed by atoms with Crippen molar-refractivity contribution in [2.45, 2.75) is 0 Å². The highest BCUT2D eigenvalue weighted by atomic mass is 16.3. The lowest BCUT2D eigenvalue weighted by Gasteiger charge is -2.21. The van der Waals surface area contributed by atoms with Gasteiger partial charge in [-0.2, -0.15) is 0 Å². The van der Waals surface area contributed by atoms with E-state index in [2.05, 4.69) is 89.5 Å². The smallest absolute Gasteiger partial charge is 0.164 e. The van der Waals surface area contributed by atoms with Crippen LogP contribution in [0.1, 0.15) is 0 Å². The Hall–Kier alpha value is -7.31. The maximum atomic E-state index is 6.61. The molecule has 0 spiro atoms. The molecule has 0 aliphatic heterocycles. The van der Waals surface area contributed by atoms with Crippen LogP contribution >= 0.6 is 0 Å². The van der Waals surface area contributed by atoms with Gasteiger partial charge in [-0.3, -0.25) is 0 Å². The summed E-state index contributed by atoms with van der Waals surface area (Å²) in [7, 11) is 31.6. The van der Waals surface area contributed by atoms with Crippen molar-refractivity contribution in [1.82, 2.24) is 19.5 Å². The van der Waals surface area contributed by atoms with E-state index in [9.17, 15) is 0 Å². The molecule has 10 heteroatoms. The first kappa shape index (κ1) is 36.8. The second-order valence-electron chi connectivity index (χ2n) is 15.1. The molecule has 11 aromatic rings. The van der Waals surface area contributed by atoms with E-state index in [-0.39, 0.29) is 27.3 Å². The van der Waals surface area contributed by atoms with Crippen LogP contribution in [-0.4, -0.2) is 58.8 Å². The van der Waals surface area contributed by atoms with Crippen LogP contribution in [0.3, 0.4) is 0 Å². The summed E-state index contributed by atoms with van der Waals surface area (Å²) in [6.07, 6.45) is 0. The zero-order chi connectivity index (χ0) is 41.4. The van der Waals surface area contributed by atoms with Crippen LogP contribution in [0.5, 0.6) is 0 Å². The first-order valence-electron chi connectivity index (χ1n) is 19.8. The summed E-state index contributed by atoms with van der Waals surface area (Å²) in [6.45, 7) is 0. The van der Waals surface area contributed by atoms with E-state index in [1.165, 1.54) is 10.8 Å². The number of furan rings is 1. The van der Waals surface area contributed by atoms with Gasteiger partial charge in [-0.1, -0.05) is 120 Å². The number of aromatic nitrogens is 4. The summed E-state index contributed by atoms with van der Waals surface area (Å²) in [4.78, 5) is 15.2. The third kappa shape index (κ3) is 6.04. The van der Waals surface area contributed by atoms with E-state index in [4.69, 9.17) is 58.6 Å². The monoisotopic (exact) mass is 766 g/mol. The van der Waals surface area contributed by atoms with Crippen molar-refractivity contribution in [2.75, 3.05) is 0 Å². The van der Waals surface area contributed by atoms with E-state index in [1.54, 1.807) is 0 Å². The first-order valence-corrected chi connectivity index (χ1v) is 19.8. The lowest BCUT2D eigenvalue weighted by atomic mass is 9.59. The van der Waals surface area contributed by atoms with Crippen LogP contribution in [0.4, 0.5) is 0 Å². The Morgan fingerprint density at radius 2 is 0.967 bits per heavy atom. The molecular formula is C51H27B5N4O. The molecule has 8 aromatic carbocycles.